The number of hydrogen-bond donors (Lipinski definition) is 0. The molecule has 1 fully saturated rings. The molecule has 0 radical (unpaired) electrons. The monoisotopic (exact) mass is 510 g/mol. The molecule has 0 aliphatic carbocycles. The Balaban J connectivity index is 1.41. The Labute approximate surface area is 225 Å². The highest BCUT2D eigenvalue weighted by Crippen LogP contribution is 2.30. The summed E-state index contributed by atoms with van der Waals surface area (Å²) in [6.07, 6.45) is 6.10. The molecule has 5 rings (SSSR count). The molecule has 2 aromatic carbocycles. The minimum atomic E-state index is 0.112. The Morgan fingerprint density at radius 1 is 0.868 bits per heavy atom. The molecule has 1 amide bonds. The third kappa shape index (κ3) is 5.42. The first-order valence-electron chi connectivity index (χ1n) is 14.0. The lowest BCUT2D eigenvalue weighted by molar-refractivity contribution is 0.0767. The number of aryl methyl sites for hydroxylation is 3. The largest absolute Gasteiger partial charge is 0.354 e. The minimum Gasteiger partial charge on any atom is -0.354 e. The van der Waals surface area contributed by atoms with Crippen molar-refractivity contribution in [3.63, 3.8) is 0 Å². The highest BCUT2D eigenvalue weighted by atomic mass is 16.2. The molecule has 0 saturated carbocycles. The minimum absolute atomic E-state index is 0.112. The van der Waals surface area contributed by atoms with Crippen LogP contribution in [0.15, 0.2) is 54.6 Å². The van der Waals surface area contributed by atoms with E-state index in [1.807, 2.05) is 46.8 Å². The van der Waals surface area contributed by atoms with Crippen molar-refractivity contribution in [3.8, 4) is 5.69 Å². The van der Waals surface area contributed by atoms with Gasteiger partial charge in [0, 0.05) is 38.2 Å². The molecule has 7 nitrogen and oxygen atoms in total. The first-order chi connectivity index (χ1) is 18.6. The van der Waals surface area contributed by atoms with Crippen molar-refractivity contribution in [1.82, 2.24) is 24.6 Å². The first-order valence-corrected chi connectivity index (χ1v) is 14.0. The van der Waals surface area contributed by atoms with Crippen LogP contribution in [0.3, 0.4) is 0 Å². The van der Waals surface area contributed by atoms with Gasteiger partial charge in [0.2, 0.25) is 0 Å². The zero-order valence-electron chi connectivity index (χ0n) is 22.9. The van der Waals surface area contributed by atoms with Crippen LogP contribution in [-0.4, -0.2) is 56.7 Å². The number of amides is 1. The van der Waals surface area contributed by atoms with Gasteiger partial charge in [-0.1, -0.05) is 50.6 Å². The van der Waals surface area contributed by atoms with Crippen LogP contribution in [0.4, 0.5) is 5.82 Å². The van der Waals surface area contributed by atoms with Gasteiger partial charge in [0.05, 0.1) is 16.8 Å². The number of carbonyl (C=O) groups excluding carboxylic acids is 1. The van der Waals surface area contributed by atoms with E-state index in [1.54, 1.807) is 0 Å². The molecule has 4 aromatic rings. The third-order valence-corrected chi connectivity index (χ3v) is 7.31. The van der Waals surface area contributed by atoms with Gasteiger partial charge in [-0.25, -0.2) is 14.6 Å². The summed E-state index contributed by atoms with van der Waals surface area (Å²) >= 11 is 0. The first kappa shape index (κ1) is 25.9. The molecule has 0 N–H and O–H groups in total. The Bertz CT molecular complexity index is 1380. The Morgan fingerprint density at radius 3 is 2.39 bits per heavy atom. The fourth-order valence-electron chi connectivity index (χ4n) is 5.23. The maximum absolute atomic E-state index is 13.4. The quantitative estimate of drug-likeness (QED) is 0.301. The van der Waals surface area contributed by atoms with Crippen LogP contribution in [0.2, 0.25) is 0 Å². The average molecular weight is 511 g/mol. The molecule has 0 spiro atoms. The van der Waals surface area contributed by atoms with E-state index in [-0.39, 0.29) is 5.91 Å². The summed E-state index contributed by atoms with van der Waals surface area (Å²) in [5.74, 6) is 1.89. The van der Waals surface area contributed by atoms with Crippen molar-refractivity contribution in [3.05, 3.63) is 77.2 Å². The van der Waals surface area contributed by atoms with Crippen molar-refractivity contribution in [2.75, 3.05) is 31.1 Å². The molecular formula is C31H38N6O. The molecule has 198 valence electrons. The smallest absolute Gasteiger partial charge is 0.253 e. The van der Waals surface area contributed by atoms with E-state index >= 15 is 0 Å². The predicted molar refractivity (Wildman–Crippen MR) is 153 cm³/mol. The van der Waals surface area contributed by atoms with E-state index in [2.05, 4.69) is 43.0 Å². The van der Waals surface area contributed by atoms with Crippen LogP contribution in [0, 0.1) is 6.92 Å². The molecule has 1 saturated heterocycles. The maximum atomic E-state index is 13.4. The molecular weight excluding hydrogens is 472 g/mol. The van der Waals surface area contributed by atoms with Crippen molar-refractivity contribution < 1.29 is 4.79 Å². The van der Waals surface area contributed by atoms with E-state index in [1.165, 1.54) is 18.4 Å². The standard InChI is InChI=1S/C31H38N6O/c1-4-6-12-24-15-17-25(18-16-24)31(38)36-20-10-19-35(21-22-36)29-28-23(3)34-37(26-13-8-7-9-14-26)30(28)33-27(32-29)11-5-2/h7-9,13-18H,4-6,10-12,19-22H2,1-3H3. The second-order valence-corrected chi connectivity index (χ2v) is 10.2. The highest BCUT2D eigenvalue weighted by Gasteiger charge is 2.25. The van der Waals surface area contributed by atoms with Crippen LogP contribution >= 0.6 is 0 Å². The van der Waals surface area contributed by atoms with Crippen LogP contribution in [0.1, 0.15) is 67.0 Å². The lowest BCUT2D eigenvalue weighted by Gasteiger charge is -2.24. The van der Waals surface area contributed by atoms with Gasteiger partial charge in [0.15, 0.2) is 5.65 Å². The van der Waals surface area contributed by atoms with Gasteiger partial charge in [-0.3, -0.25) is 4.79 Å². The summed E-state index contributed by atoms with van der Waals surface area (Å²) in [5.41, 5.74) is 4.83. The number of carbonyl (C=O) groups is 1. The van der Waals surface area contributed by atoms with E-state index in [4.69, 9.17) is 15.1 Å². The van der Waals surface area contributed by atoms with Gasteiger partial charge in [0.25, 0.3) is 5.91 Å². The number of benzene rings is 2. The van der Waals surface area contributed by atoms with Crippen molar-refractivity contribution >= 4 is 22.8 Å². The molecule has 2 aromatic heterocycles. The molecule has 0 bridgehead atoms. The van der Waals surface area contributed by atoms with E-state index in [0.29, 0.717) is 6.54 Å². The zero-order valence-corrected chi connectivity index (χ0v) is 22.9. The third-order valence-electron chi connectivity index (χ3n) is 7.31. The summed E-state index contributed by atoms with van der Waals surface area (Å²) in [7, 11) is 0. The Kier molecular flexibility index (Phi) is 8.01. The molecule has 1 aliphatic rings. The number of unbranched alkanes of at least 4 members (excludes halogenated alkanes) is 1. The lowest BCUT2D eigenvalue weighted by Crippen LogP contribution is -2.35. The zero-order chi connectivity index (χ0) is 26.5. The number of anilines is 1. The van der Waals surface area contributed by atoms with Crippen LogP contribution < -0.4 is 4.90 Å². The van der Waals surface area contributed by atoms with Gasteiger partial charge in [0.1, 0.15) is 11.6 Å². The number of para-hydroxylation sites is 1. The molecule has 0 atom stereocenters. The van der Waals surface area contributed by atoms with Crippen molar-refractivity contribution in [1.29, 1.82) is 0 Å². The fourth-order valence-corrected chi connectivity index (χ4v) is 5.23. The summed E-state index contributed by atoms with van der Waals surface area (Å²) < 4.78 is 1.94. The normalized spacial score (nSPS) is 14.2. The number of fused-ring (bicyclic) bond motifs is 1. The highest BCUT2D eigenvalue weighted by molar-refractivity contribution is 5.94. The topological polar surface area (TPSA) is 67.2 Å². The second-order valence-electron chi connectivity index (χ2n) is 10.2. The van der Waals surface area contributed by atoms with Gasteiger partial charge >= 0.3 is 0 Å². The summed E-state index contributed by atoms with van der Waals surface area (Å²) in [6, 6.07) is 18.3. The second kappa shape index (κ2) is 11.8. The SMILES string of the molecule is CCCCc1ccc(C(=O)N2CCCN(c3nc(CCC)nc4c3c(C)nn4-c3ccccc3)CC2)cc1. The van der Waals surface area contributed by atoms with Crippen LogP contribution in [0.25, 0.3) is 16.7 Å². The number of hydrogen-bond acceptors (Lipinski definition) is 5. The number of aromatic nitrogens is 4. The molecule has 0 unspecified atom stereocenters. The average Bonchev–Trinajstić information content (AvgIpc) is 3.11. The molecule has 7 heteroatoms. The summed E-state index contributed by atoms with van der Waals surface area (Å²) in [6.45, 7) is 9.36. The number of rotatable bonds is 8. The molecule has 1 aliphatic heterocycles. The van der Waals surface area contributed by atoms with Gasteiger partial charge < -0.3 is 9.80 Å². The predicted octanol–water partition coefficient (Wildman–Crippen LogP) is 5.77. The van der Waals surface area contributed by atoms with Gasteiger partial charge in [-0.05, 0) is 62.4 Å². The molecule has 3 heterocycles. The van der Waals surface area contributed by atoms with E-state index in [9.17, 15) is 4.79 Å². The fraction of sp³-hybridized carbons (Fsp3) is 0.419. The van der Waals surface area contributed by atoms with Gasteiger partial charge in [-0.2, -0.15) is 5.10 Å². The Hall–Kier alpha value is -3.74. The lowest BCUT2D eigenvalue weighted by atomic mass is 10.1. The maximum Gasteiger partial charge on any atom is 0.253 e. The summed E-state index contributed by atoms with van der Waals surface area (Å²) in [5, 5.41) is 5.87. The summed E-state index contributed by atoms with van der Waals surface area (Å²) in [4.78, 5) is 27.7. The van der Waals surface area contributed by atoms with Crippen LogP contribution in [0.5, 0.6) is 0 Å². The van der Waals surface area contributed by atoms with Crippen molar-refractivity contribution in [2.45, 2.75) is 59.3 Å². The number of nitrogens with zero attached hydrogens (tertiary/aromatic N) is 6. The Morgan fingerprint density at radius 2 is 1.66 bits per heavy atom. The van der Waals surface area contributed by atoms with Gasteiger partial charge in [-0.15, -0.1) is 0 Å². The van der Waals surface area contributed by atoms with Crippen LogP contribution in [-0.2, 0) is 12.8 Å². The van der Waals surface area contributed by atoms with E-state index < -0.39 is 0 Å². The van der Waals surface area contributed by atoms with E-state index in [0.717, 1.165) is 84.9 Å². The molecule has 38 heavy (non-hydrogen) atoms. The van der Waals surface area contributed by atoms with Crippen molar-refractivity contribution in [2.24, 2.45) is 0 Å².